The zero-order chi connectivity index (χ0) is 11.1. The average molecular weight is 242 g/mol. The first-order valence-electron chi connectivity index (χ1n) is 5.51. The minimum Gasteiger partial charge on any atom is -0.354 e. The fourth-order valence-corrected chi connectivity index (χ4v) is 2.81. The van der Waals surface area contributed by atoms with Crippen LogP contribution in [0, 0.1) is 17.7 Å². The van der Waals surface area contributed by atoms with Crippen LogP contribution in [0.3, 0.4) is 0 Å². The van der Waals surface area contributed by atoms with E-state index in [1.54, 1.807) is 0 Å². The first-order valence-corrected chi connectivity index (χ1v) is 5.88. The van der Waals surface area contributed by atoms with Gasteiger partial charge in [0.15, 0.2) is 11.6 Å². The summed E-state index contributed by atoms with van der Waals surface area (Å²) in [6.07, 6.45) is 1.51. The van der Waals surface area contributed by atoms with E-state index >= 15 is 0 Å². The van der Waals surface area contributed by atoms with Gasteiger partial charge in [-0.2, -0.15) is 0 Å². The van der Waals surface area contributed by atoms with E-state index in [1.807, 2.05) is 4.90 Å². The van der Waals surface area contributed by atoms with Crippen LogP contribution in [0.4, 0.5) is 10.2 Å². The van der Waals surface area contributed by atoms with Crippen LogP contribution in [0.2, 0.25) is 5.02 Å². The summed E-state index contributed by atoms with van der Waals surface area (Å²) in [6.45, 7) is 3.86. The summed E-state index contributed by atoms with van der Waals surface area (Å²) in [6, 6.07) is 1.33. The van der Waals surface area contributed by atoms with Crippen LogP contribution in [-0.4, -0.2) is 31.2 Å². The van der Waals surface area contributed by atoms with E-state index < -0.39 is 0 Å². The van der Waals surface area contributed by atoms with Gasteiger partial charge >= 0.3 is 0 Å². The number of anilines is 1. The molecule has 1 N–H and O–H groups in total. The molecule has 0 spiro atoms. The third kappa shape index (κ3) is 1.66. The molecule has 0 aromatic carbocycles. The Kier molecular flexibility index (Phi) is 2.48. The maximum absolute atomic E-state index is 13.7. The Bertz CT molecular complexity index is 400. The van der Waals surface area contributed by atoms with Crippen LogP contribution in [0.5, 0.6) is 0 Å². The lowest BCUT2D eigenvalue weighted by molar-refractivity contribution is 0.533. The SMILES string of the molecule is Fc1cc(Cl)cnc1N1CC2CNCC2C1. The molecule has 2 unspecified atom stereocenters. The number of rotatable bonds is 1. The maximum atomic E-state index is 13.7. The standard InChI is InChI=1S/C11H13ClFN3/c12-9-1-10(13)11(15-4-9)16-5-7-2-14-3-8(7)6-16/h1,4,7-8,14H,2-3,5-6H2. The Morgan fingerprint density at radius 1 is 1.38 bits per heavy atom. The summed E-state index contributed by atoms with van der Waals surface area (Å²) < 4.78 is 13.7. The molecule has 86 valence electrons. The summed E-state index contributed by atoms with van der Waals surface area (Å²) in [5, 5.41) is 3.71. The second-order valence-corrected chi connectivity index (χ2v) is 4.98. The molecule has 0 aliphatic carbocycles. The third-order valence-electron chi connectivity index (χ3n) is 3.48. The number of nitrogens with one attached hydrogen (secondary N) is 1. The Balaban J connectivity index is 1.83. The Labute approximate surface area is 98.6 Å². The predicted octanol–water partition coefficient (Wildman–Crippen LogP) is 1.53. The van der Waals surface area contributed by atoms with E-state index in [9.17, 15) is 4.39 Å². The van der Waals surface area contributed by atoms with Crippen molar-refractivity contribution in [3.63, 3.8) is 0 Å². The van der Waals surface area contributed by atoms with Crippen molar-refractivity contribution >= 4 is 17.4 Å². The quantitative estimate of drug-likeness (QED) is 0.808. The summed E-state index contributed by atoms with van der Waals surface area (Å²) in [7, 11) is 0. The predicted molar refractivity (Wildman–Crippen MR) is 61.3 cm³/mol. The van der Waals surface area contributed by atoms with Gasteiger partial charge in [0.05, 0.1) is 5.02 Å². The molecule has 0 radical (unpaired) electrons. The van der Waals surface area contributed by atoms with E-state index in [4.69, 9.17) is 11.6 Å². The number of hydrogen-bond acceptors (Lipinski definition) is 3. The van der Waals surface area contributed by atoms with Gasteiger partial charge in [0, 0.05) is 32.4 Å². The first kappa shape index (κ1) is 10.3. The van der Waals surface area contributed by atoms with Crippen LogP contribution < -0.4 is 10.2 Å². The van der Waals surface area contributed by atoms with Gasteiger partial charge in [-0.05, 0) is 17.9 Å². The Morgan fingerprint density at radius 2 is 2.06 bits per heavy atom. The van der Waals surface area contributed by atoms with Gasteiger partial charge in [-0.25, -0.2) is 9.37 Å². The largest absolute Gasteiger partial charge is 0.354 e. The van der Waals surface area contributed by atoms with E-state index in [0.717, 1.165) is 26.2 Å². The van der Waals surface area contributed by atoms with Gasteiger partial charge in [-0.3, -0.25) is 0 Å². The normalized spacial score (nSPS) is 28.5. The number of fused-ring (bicyclic) bond motifs is 1. The highest BCUT2D eigenvalue weighted by molar-refractivity contribution is 6.30. The molecule has 2 aliphatic rings. The van der Waals surface area contributed by atoms with Crippen molar-refractivity contribution in [2.75, 3.05) is 31.1 Å². The van der Waals surface area contributed by atoms with Crippen molar-refractivity contribution in [3.05, 3.63) is 23.1 Å². The minimum absolute atomic E-state index is 0.319. The molecule has 2 saturated heterocycles. The second kappa shape index (κ2) is 3.86. The lowest BCUT2D eigenvalue weighted by atomic mass is 10.0. The molecule has 5 heteroatoms. The average Bonchev–Trinajstić information content (AvgIpc) is 2.76. The monoisotopic (exact) mass is 241 g/mol. The second-order valence-electron chi connectivity index (χ2n) is 4.54. The van der Waals surface area contributed by atoms with Crippen LogP contribution in [-0.2, 0) is 0 Å². The third-order valence-corrected chi connectivity index (χ3v) is 3.68. The van der Waals surface area contributed by atoms with Gasteiger partial charge in [-0.15, -0.1) is 0 Å². The Morgan fingerprint density at radius 3 is 2.69 bits per heavy atom. The highest BCUT2D eigenvalue weighted by Gasteiger charge is 2.37. The van der Waals surface area contributed by atoms with Crippen molar-refractivity contribution in [1.29, 1.82) is 0 Å². The minimum atomic E-state index is -0.319. The van der Waals surface area contributed by atoms with Crippen molar-refractivity contribution in [1.82, 2.24) is 10.3 Å². The van der Waals surface area contributed by atoms with Crippen LogP contribution >= 0.6 is 11.6 Å². The summed E-state index contributed by atoms with van der Waals surface area (Å²) in [5.74, 6) is 1.40. The molecule has 1 aromatic heterocycles. The Hall–Kier alpha value is -0.870. The molecule has 2 fully saturated rings. The summed E-state index contributed by atoms with van der Waals surface area (Å²) >= 11 is 5.69. The van der Waals surface area contributed by atoms with Crippen LogP contribution in [0.25, 0.3) is 0 Å². The smallest absolute Gasteiger partial charge is 0.167 e. The molecule has 3 heterocycles. The van der Waals surface area contributed by atoms with Crippen molar-refractivity contribution < 1.29 is 4.39 Å². The molecule has 2 aliphatic heterocycles. The molecule has 0 saturated carbocycles. The topological polar surface area (TPSA) is 28.2 Å². The molecule has 3 rings (SSSR count). The van der Waals surface area contributed by atoms with E-state index in [-0.39, 0.29) is 5.82 Å². The number of pyridine rings is 1. The summed E-state index contributed by atoms with van der Waals surface area (Å²) in [4.78, 5) is 6.12. The van der Waals surface area contributed by atoms with Gasteiger partial charge < -0.3 is 10.2 Å². The lowest BCUT2D eigenvalue weighted by Crippen LogP contribution is -2.26. The number of hydrogen-bond donors (Lipinski definition) is 1. The maximum Gasteiger partial charge on any atom is 0.167 e. The lowest BCUT2D eigenvalue weighted by Gasteiger charge is -2.18. The van der Waals surface area contributed by atoms with Crippen LogP contribution in [0.15, 0.2) is 12.3 Å². The number of nitrogens with zero attached hydrogens (tertiary/aromatic N) is 2. The highest BCUT2D eigenvalue weighted by Crippen LogP contribution is 2.31. The molecular formula is C11H13ClFN3. The molecule has 1 aromatic rings. The van der Waals surface area contributed by atoms with Gasteiger partial charge in [-0.1, -0.05) is 11.6 Å². The van der Waals surface area contributed by atoms with Crippen LogP contribution in [0.1, 0.15) is 0 Å². The van der Waals surface area contributed by atoms with Crippen molar-refractivity contribution in [3.8, 4) is 0 Å². The fraction of sp³-hybridized carbons (Fsp3) is 0.545. The number of aromatic nitrogens is 1. The molecule has 16 heavy (non-hydrogen) atoms. The van der Waals surface area contributed by atoms with Crippen molar-refractivity contribution in [2.24, 2.45) is 11.8 Å². The van der Waals surface area contributed by atoms with Crippen molar-refractivity contribution in [2.45, 2.75) is 0 Å². The zero-order valence-electron chi connectivity index (χ0n) is 8.79. The fourth-order valence-electron chi connectivity index (χ4n) is 2.67. The van der Waals surface area contributed by atoms with Gasteiger partial charge in [0.2, 0.25) is 0 Å². The molecule has 0 bridgehead atoms. The van der Waals surface area contributed by atoms with E-state index in [1.165, 1.54) is 12.3 Å². The summed E-state index contributed by atoms with van der Waals surface area (Å²) in [5.41, 5.74) is 0. The first-order chi connectivity index (χ1) is 7.74. The van der Waals surface area contributed by atoms with E-state index in [0.29, 0.717) is 22.7 Å². The molecular weight excluding hydrogens is 229 g/mol. The van der Waals surface area contributed by atoms with Gasteiger partial charge in [0.1, 0.15) is 0 Å². The number of halogens is 2. The zero-order valence-corrected chi connectivity index (χ0v) is 9.54. The highest BCUT2D eigenvalue weighted by atomic mass is 35.5. The molecule has 0 amide bonds. The molecule has 2 atom stereocenters. The van der Waals surface area contributed by atoms with Gasteiger partial charge in [0.25, 0.3) is 0 Å². The van der Waals surface area contributed by atoms with E-state index in [2.05, 4.69) is 10.3 Å². The molecule has 3 nitrogen and oxygen atoms in total.